The normalized spacial score (nSPS) is 15.2. The summed E-state index contributed by atoms with van der Waals surface area (Å²) in [5, 5.41) is 14.2. The van der Waals surface area contributed by atoms with E-state index in [0.717, 1.165) is 13.0 Å². The predicted octanol–water partition coefficient (Wildman–Crippen LogP) is 2.74. The lowest BCUT2D eigenvalue weighted by atomic mass is 10.1. The van der Waals surface area contributed by atoms with Gasteiger partial charge in [0.25, 0.3) is 5.91 Å². The fourth-order valence-corrected chi connectivity index (χ4v) is 6.08. The van der Waals surface area contributed by atoms with Crippen LogP contribution in [0.3, 0.4) is 0 Å². The maximum absolute atomic E-state index is 13.0. The molecule has 1 aliphatic heterocycles. The van der Waals surface area contributed by atoms with Gasteiger partial charge in [0, 0.05) is 48.8 Å². The van der Waals surface area contributed by atoms with Crippen molar-refractivity contribution in [3.8, 4) is 17.1 Å². The van der Waals surface area contributed by atoms with E-state index in [0.29, 0.717) is 64.9 Å². The summed E-state index contributed by atoms with van der Waals surface area (Å²) in [6, 6.07) is 6.52. The van der Waals surface area contributed by atoms with Crippen LogP contribution in [-0.4, -0.2) is 104 Å². The first-order chi connectivity index (χ1) is 17.1. The van der Waals surface area contributed by atoms with Crippen molar-refractivity contribution in [1.82, 2.24) is 29.4 Å². The Bertz CT molecular complexity index is 1360. The number of hydrogen-bond donors (Lipinski definition) is 3. The van der Waals surface area contributed by atoms with E-state index in [1.54, 1.807) is 18.2 Å². The number of nitrogens with zero attached hydrogens (tertiary/aromatic N) is 4. The van der Waals surface area contributed by atoms with Crippen molar-refractivity contribution in [2.24, 2.45) is 0 Å². The summed E-state index contributed by atoms with van der Waals surface area (Å²) < 4.78 is 28.1. The molecule has 0 bridgehead atoms. The molecule has 0 radical (unpaired) electrons. The summed E-state index contributed by atoms with van der Waals surface area (Å²) in [4.78, 5) is 24.3. The molecule has 4 rings (SSSR count). The number of pyridine rings is 1. The number of carbonyl (C=O) groups is 1. The van der Waals surface area contributed by atoms with E-state index in [2.05, 4.69) is 41.0 Å². The van der Waals surface area contributed by atoms with Crippen LogP contribution in [-0.2, 0) is 10.0 Å². The first-order valence-electron chi connectivity index (χ1n) is 11.7. The Morgan fingerprint density at radius 3 is 2.54 bits per heavy atom. The first-order valence-corrected chi connectivity index (χ1v) is 13.9. The highest BCUT2D eigenvalue weighted by Crippen LogP contribution is 2.38. The number of benzene rings is 1. The van der Waals surface area contributed by atoms with Gasteiger partial charge in [-0.1, -0.05) is 0 Å². The number of likely N-dealkylation sites (N-methyl/N-ethyl adjacent to an activating group) is 1. The standard InChI is InChI=1S/C24H31BrN6O4S.ClH/c1-29(2)8-4-7-26-23(32)17-13-18-21(14-19(17)25)28-24(33)22(18)20-6-5-16(15-27-20)36(34,35)31-11-9-30(3)10-12-31;/h5-6,13-15,28,33H,4,7-12H2,1-3H3,(H,26,32);1H. The molecule has 3 N–H and O–H groups in total. The number of H-pyrrole nitrogens is 1. The molecule has 0 unspecified atom stereocenters. The van der Waals surface area contributed by atoms with Gasteiger partial charge in [-0.25, -0.2) is 8.42 Å². The zero-order chi connectivity index (χ0) is 26.0. The third-order valence-corrected chi connectivity index (χ3v) is 8.81. The predicted molar refractivity (Wildman–Crippen MR) is 150 cm³/mol. The topological polar surface area (TPSA) is 122 Å². The van der Waals surface area contributed by atoms with Crippen LogP contribution < -0.4 is 5.32 Å². The zero-order valence-electron chi connectivity index (χ0n) is 21.0. The van der Waals surface area contributed by atoms with Gasteiger partial charge in [-0.05, 0) is 74.3 Å². The molecule has 0 spiro atoms. The highest BCUT2D eigenvalue weighted by atomic mass is 79.9. The molecule has 2 aromatic heterocycles. The van der Waals surface area contributed by atoms with Crippen LogP contribution in [0.25, 0.3) is 22.2 Å². The van der Waals surface area contributed by atoms with Gasteiger partial charge in [-0.3, -0.25) is 9.78 Å². The fourth-order valence-electron chi connectivity index (χ4n) is 4.19. The van der Waals surface area contributed by atoms with Crippen molar-refractivity contribution in [1.29, 1.82) is 0 Å². The van der Waals surface area contributed by atoms with Crippen LogP contribution in [0.2, 0.25) is 0 Å². The van der Waals surface area contributed by atoms with E-state index in [-0.39, 0.29) is 29.1 Å². The molecule has 1 aromatic carbocycles. The number of amides is 1. The smallest absolute Gasteiger partial charge is 0.252 e. The lowest BCUT2D eigenvalue weighted by Crippen LogP contribution is -2.47. The Labute approximate surface area is 231 Å². The number of nitrogens with one attached hydrogen (secondary N) is 2. The second-order valence-corrected chi connectivity index (χ2v) is 12.0. The van der Waals surface area contributed by atoms with E-state index >= 15 is 0 Å². The van der Waals surface area contributed by atoms with Crippen LogP contribution in [0.4, 0.5) is 0 Å². The Kier molecular flexibility index (Phi) is 9.59. The van der Waals surface area contributed by atoms with Gasteiger partial charge in [0.05, 0.1) is 22.3 Å². The molecule has 0 saturated carbocycles. The molecule has 10 nitrogen and oxygen atoms in total. The quantitative estimate of drug-likeness (QED) is 0.333. The zero-order valence-corrected chi connectivity index (χ0v) is 24.2. The number of aromatic nitrogens is 2. The third kappa shape index (κ3) is 6.44. The molecule has 1 amide bonds. The van der Waals surface area contributed by atoms with Crippen molar-refractivity contribution in [3.05, 3.63) is 40.5 Å². The molecule has 1 fully saturated rings. The molecule has 202 valence electrons. The second kappa shape index (κ2) is 12.1. The molecule has 3 aromatic rings. The number of carbonyl (C=O) groups excluding carboxylic acids is 1. The summed E-state index contributed by atoms with van der Waals surface area (Å²) >= 11 is 3.45. The summed E-state index contributed by atoms with van der Waals surface area (Å²) in [6.07, 6.45) is 2.14. The van der Waals surface area contributed by atoms with E-state index in [4.69, 9.17) is 0 Å². The minimum absolute atomic E-state index is 0. The number of piperazine rings is 1. The molecular formula is C24H32BrClN6O4S. The van der Waals surface area contributed by atoms with Gasteiger partial charge in [0.1, 0.15) is 4.90 Å². The molecule has 1 aliphatic rings. The van der Waals surface area contributed by atoms with Gasteiger partial charge in [-0.2, -0.15) is 4.31 Å². The Morgan fingerprint density at radius 2 is 1.92 bits per heavy atom. The van der Waals surface area contributed by atoms with Crippen LogP contribution >= 0.6 is 28.3 Å². The average Bonchev–Trinajstić information content (AvgIpc) is 3.15. The summed E-state index contributed by atoms with van der Waals surface area (Å²) in [5.41, 5.74) is 1.86. The Hall–Kier alpha value is -2.22. The fraction of sp³-hybridized carbons (Fsp3) is 0.417. The molecule has 37 heavy (non-hydrogen) atoms. The Balaban J connectivity index is 0.00000380. The number of fused-ring (bicyclic) bond motifs is 1. The largest absolute Gasteiger partial charge is 0.494 e. The van der Waals surface area contributed by atoms with Crippen LogP contribution in [0.5, 0.6) is 5.88 Å². The number of sulfonamides is 1. The van der Waals surface area contributed by atoms with Gasteiger partial charge in [0.2, 0.25) is 10.0 Å². The molecular weight excluding hydrogens is 584 g/mol. The van der Waals surface area contributed by atoms with Crippen LogP contribution in [0.15, 0.2) is 39.8 Å². The summed E-state index contributed by atoms with van der Waals surface area (Å²) in [6.45, 7) is 3.61. The molecule has 0 aliphatic carbocycles. The SMILES string of the molecule is CN(C)CCCNC(=O)c1cc2c(-c3ccc(S(=O)(=O)N4CCN(C)CC4)cn3)c(O)[nH]c2cc1Br.Cl. The van der Waals surface area contributed by atoms with Gasteiger partial charge >= 0.3 is 0 Å². The summed E-state index contributed by atoms with van der Waals surface area (Å²) in [5.74, 6) is -0.335. The number of rotatable bonds is 8. The first kappa shape index (κ1) is 29.3. The number of hydrogen-bond acceptors (Lipinski definition) is 7. The van der Waals surface area contributed by atoms with E-state index in [9.17, 15) is 18.3 Å². The highest BCUT2D eigenvalue weighted by molar-refractivity contribution is 9.10. The number of aromatic hydroxyl groups is 1. The van der Waals surface area contributed by atoms with Crippen molar-refractivity contribution in [2.75, 3.05) is 60.4 Å². The van der Waals surface area contributed by atoms with E-state index < -0.39 is 10.0 Å². The highest BCUT2D eigenvalue weighted by Gasteiger charge is 2.28. The van der Waals surface area contributed by atoms with Crippen LogP contribution in [0.1, 0.15) is 16.8 Å². The minimum Gasteiger partial charge on any atom is -0.494 e. The molecule has 13 heteroatoms. The van der Waals surface area contributed by atoms with Gasteiger partial charge in [-0.15, -0.1) is 12.4 Å². The van der Waals surface area contributed by atoms with Crippen molar-refractivity contribution in [3.63, 3.8) is 0 Å². The van der Waals surface area contributed by atoms with Gasteiger partial charge < -0.3 is 25.2 Å². The maximum atomic E-state index is 13.0. The number of halogens is 2. The molecule has 1 saturated heterocycles. The summed E-state index contributed by atoms with van der Waals surface area (Å²) in [7, 11) is 2.27. The third-order valence-electron chi connectivity index (χ3n) is 6.27. The van der Waals surface area contributed by atoms with Crippen molar-refractivity contribution in [2.45, 2.75) is 11.3 Å². The molecule has 3 heterocycles. The second-order valence-electron chi connectivity index (χ2n) is 9.23. The van der Waals surface area contributed by atoms with Crippen molar-refractivity contribution < 1.29 is 18.3 Å². The van der Waals surface area contributed by atoms with Crippen LogP contribution in [0, 0.1) is 0 Å². The lowest BCUT2D eigenvalue weighted by molar-refractivity contribution is 0.0951. The van der Waals surface area contributed by atoms with E-state index in [1.165, 1.54) is 16.6 Å². The molecule has 0 atom stereocenters. The monoisotopic (exact) mass is 614 g/mol. The Morgan fingerprint density at radius 1 is 1.22 bits per heavy atom. The average molecular weight is 616 g/mol. The maximum Gasteiger partial charge on any atom is 0.252 e. The van der Waals surface area contributed by atoms with E-state index in [1.807, 2.05) is 21.1 Å². The number of aromatic amines is 1. The van der Waals surface area contributed by atoms with Crippen molar-refractivity contribution >= 4 is 55.2 Å². The van der Waals surface area contributed by atoms with Gasteiger partial charge in [0.15, 0.2) is 5.88 Å². The lowest BCUT2D eigenvalue weighted by Gasteiger charge is -2.31. The minimum atomic E-state index is -3.65.